The van der Waals surface area contributed by atoms with E-state index in [2.05, 4.69) is 23.2 Å². The molecule has 0 fully saturated rings. The number of nitriles is 1. The Bertz CT molecular complexity index is 721. The van der Waals surface area contributed by atoms with Gasteiger partial charge in [-0.3, -0.25) is 4.98 Å². The highest BCUT2D eigenvalue weighted by Gasteiger charge is 2.05. The molecule has 2 nitrogen and oxygen atoms in total. The highest BCUT2D eigenvalue weighted by Crippen LogP contribution is 2.33. The van der Waals surface area contributed by atoms with E-state index in [0.29, 0.717) is 5.56 Å². The Kier molecular flexibility index (Phi) is 3.09. The average Bonchev–Trinajstić information content (AvgIpc) is 2.98. The molecule has 1 aromatic carbocycles. The van der Waals surface area contributed by atoms with E-state index in [1.165, 1.54) is 4.88 Å². The molecule has 3 aromatic rings. The third kappa shape index (κ3) is 2.40. The van der Waals surface area contributed by atoms with Crippen LogP contribution in [0.2, 0.25) is 0 Å². The predicted molar refractivity (Wildman–Crippen MR) is 77.7 cm³/mol. The van der Waals surface area contributed by atoms with E-state index >= 15 is 0 Å². The van der Waals surface area contributed by atoms with Gasteiger partial charge in [-0.25, -0.2) is 0 Å². The topological polar surface area (TPSA) is 36.7 Å². The van der Waals surface area contributed by atoms with E-state index in [0.717, 1.165) is 16.1 Å². The molecule has 2 heterocycles. The van der Waals surface area contributed by atoms with E-state index < -0.39 is 0 Å². The number of aromatic nitrogens is 1. The molecule has 0 bridgehead atoms. The normalized spacial score (nSPS) is 10.1. The number of benzene rings is 1. The summed E-state index contributed by atoms with van der Waals surface area (Å²) in [4.78, 5) is 6.69. The van der Waals surface area contributed by atoms with Crippen molar-refractivity contribution < 1.29 is 0 Å². The van der Waals surface area contributed by atoms with Gasteiger partial charge in [0.25, 0.3) is 0 Å². The first-order chi connectivity index (χ1) is 9.36. The lowest BCUT2D eigenvalue weighted by Crippen LogP contribution is -1.76. The van der Waals surface area contributed by atoms with Gasteiger partial charge in [-0.1, -0.05) is 18.2 Å². The quantitative estimate of drug-likeness (QED) is 0.688. The van der Waals surface area contributed by atoms with Crippen LogP contribution < -0.4 is 0 Å². The molecule has 0 unspecified atom stereocenters. The molecule has 0 aliphatic carbocycles. The standard InChI is InChI=1S/C16H10N2S/c17-11-12-4-6-13(7-5-12)15-8-9-16(19-15)14-3-1-2-10-18-14/h1-10H. The number of nitrogens with zero attached hydrogens (tertiary/aromatic N) is 2. The van der Waals surface area contributed by atoms with Gasteiger partial charge in [0, 0.05) is 11.1 Å². The van der Waals surface area contributed by atoms with Crippen LogP contribution in [0, 0.1) is 11.3 Å². The maximum absolute atomic E-state index is 8.80. The van der Waals surface area contributed by atoms with Crippen LogP contribution in [0.3, 0.4) is 0 Å². The van der Waals surface area contributed by atoms with Gasteiger partial charge in [-0.05, 0) is 42.0 Å². The fraction of sp³-hybridized carbons (Fsp3) is 0. The average molecular weight is 262 g/mol. The minimum atomic E-state index is 0.685. The van der Waals surface area contributed by atoms with Gasteiger partial charge >= 0.3 is 0 Å². The molecule has 2 aromatic heterocycles. The first-order valence-electron chi connectivity index (χ1n) is 5.88. The van der Waals surface area contributed by atoms with E-state index in [9.17, 15) is 0 Å². The zero-order valence-corrected chi connectivity index (χ0v) is 10.9. The summed E-state index contributed by atoms with van der Waals surface area (Å²) in [6.45, 7) is 0. The highest BCUT2D eigenvalue weighted by molar-refractivity contribution is 7.18. The largest absolute Gasteiger partial charge is 0.255 e. The van der Waals surface area contributed by atoms with Crippen LogP contribution in [0.25, 0.3) is 21.0 Å². The van der Waals surface area contributed by atoms with E-state index in [4.69, 9.17) is 5.26 Å². The van der Waals surface area contributed by atoms with Gasteiger partial charge in [0.15, 0.2) is 0 Å². The monoisotopic (exact) mass is 262 g/mol. The van der Waals surface area contributed by atoms with E-state index in [1.807, 2.05) is 42.5 Å². The third-order valence-electron chi connectivity index (χ3n) is 2.82. The lowest BCUT2D eigenvalue weighted by Gasteiger charge is -1.97. The summed E-state index contributed by atoms with van der Waals surface area (Å²) in [6.07, 6.45) is 1.80. The van der Waals surface area contributed by atoms with Crippen molar-refractivity contribution in [3.63, 3.8) is 0 Å². The van der Waals surface area contributed by atoms with E-state index in [-0.39, 0.29) is 0 Å². The van der Waals surface area contributed by atoms with Crippen LogP contribution in [-0.4, -0.2) is 4.98 Å². The van der Waals surface area contributed by atoms with Gasteiger partial charge in [-0.2, -0.15) is 5.26 Å². The van der Waals surface area contributed by atoms with Crippen molar-refractivity contribution in [3.8, 4) is 27.1 Å². The molecule has 90 valence electrons. The Morgan fingerprint density at radius 3 is 2.37 bits per heavy atom. The van der Waals surface area contributed by atoms with Crippen molar-refractivity contribution in [1.82, 2.24) is 4.98 Å². The Morgan fingerprint density at radius 2 is 1.68 bits per heavy atom. The molecule has 0 aliphatic heterocycles. The second-order valence-corrected chi connectivity index (χ2v) is 5.15. The molecule has 0 N–H and O–H groups in total. The SMILES string of the molecule is N#Cc1ccc(-c2ccc(-c3ccccn3)s2)cc1. The summed E-state index contributed by atoms with van der Waals surface area (Å²) in [5, 5.41) is 8.80. The number of pyridine rings is 1. The lowest BCUT2D eigenvalue weighted by atomic mass is 10.1. The number of thiophene rings is 1. The minimum absolute atomic E-state index is 0.685. The molecule has 0 saturated carbocycles. The smallest absolute Gasteiger partial charge is 0.0991 e. The van der Waals surface area contributed by atoms with Gasteiger partial charge in [0.1, 0.15) is 0 Å². The van der Waals surface area contributed by atoms with Crippen LogP contribution in [0.1, 0.15) is 5.56 Å². The molecular formula is C16H10N2S. The molecule has 19 heavy (non-hydrogen) atoms. The molecule has 0 aliphatic rings. The number of rotatable bonds is 2. The second kappa shape index (κ2) is 5.05. The van der Waals surface area contributed by atoms with Crippen LogP contribution in [0.15, 0.2) is 60.8 Å². The van der Waals surface area contributed by atoms with Gasteiger partial charge < -0.3 is 0 Å². The van der Waals surface area contributed by atoms with E-state index in [1.54, 1.807) is 17.5 Å². The summed E-state index contributed by atoms with van der Waals surface area (Å²) in [6, 6.07) is 19.9. The first-order valence-corrected chi connectivity index (χ1v) is 6.70. The summed E-state index contributed by atoms with van der Waals surface area (Å²) >= 11 is 1.71. The molecule has 3 heteroatoms. The maximum Gasteiger partial charge on any atom is 0.0991 e. The van der Waals surface area contributed by atoms with Crippen LogP contribution in [0.4, 0.5) is 0 Å². The predicted octanol–water partition coefficient (Wildman–Crippen LogP) is 4.35. The van der Waals surface area contributed by atoms with Crippen molar-refractivity contribution >= 4 is 11.3 Å². The van der Waals surface area contributed by atoms with Crippen molar-refractivity contribution in [1.29, 1.82) is 5.26 Å². The van der Waals surface area contributed by atoms with Crippen molar-refractivity contribution in [3.05, 3.63) is 66.4 Å². The lowest BCUT2D eigenvalue weighted by molar-refractivity contribution is 1.34. The Labute approximate surface area is 115 Å². The molecule has 0 spiro atoms. The summed E-state index contributed by atoms with van der Waals surface area (Å²) < 4.78 is 0. The molecular weight excluding hydrogens is 252 g/mol. The Balaban J connectivity index is 1.95. The zero-order valence-electron chi connectivity index (χ0n) is 10.1. The minimum Gasteiger partial charge on any atom is -0.255 e. The third-order valence-corrected chi connectivity index (χ3v) is 3.98. The molecule has 0 atom stereocenters. The maximum atomic E-state index is 8.80. The Hall–Kier alpha value is -2.44. The zero-order chi connectivity index (χ0) is 13.1. The van der Waals surface area contributed by atoms with Crippen molar-refractivity contribution in [2.75, 3.05) is 0 Å². The van der Waals surface area contributed by atoms with Gasteiger partial charge in [0.05, 0.1) is 22.2 Å². The highest BCUT2D eigenvalue weighted by atomic mass is 32.1. The first kappa shape index (κ1) is 11.6. The van der Waals surface area contributed by atoms with Crippen LogP contribution >= 0.6 is 11.3 Å². The molecule has 3 rings (SSSR count). The van der Waals surface area contributed by atoms with Crippen molar-refractivity contribution in [2.24, 2.45) is 0 Å². The molecule has 0 radical (unpaired) electrons. The number of hydrogen-bond donors (Lipinski definition) is 0. The van der Waals surface area contributed by atoms with Crippen molar-refractivity contribution in [2.45, 2.75) is 0 Å². The fourth-order valence-electron chi connectivity index (χ4n) is 1.85. The van der Waals surface area contributed by atoms with Crippen LogP contribution in [0.5, 0.6) is 0 Å². The summed E-state index contributed by atoms with van der Waals surface area (Å²) in [5.74, 6) is 0. The van der Waals surface area contributed by atoms with Gasteiger partial charge in [0.2, 0.25) is 0 Å². The van der Waals surface area contributed by atoms with Crippen LogP contribution in [-0.2, 0) is 0 Å². The second-order valence-electron chi connectivity index (χ2n) is 4.07. The Morgan fingerprint density at radius 1 is 0.895 bits per heavy atom. The molecule has 0 saturated heterocycles. The van der Waals surface area contributed by atoms with Gasteiger partial charge in [-0.15, -0.1) is 11.3 Å². The fourth-order valence-corrected chi connectivity index (χ4v) is 2.84. The number of hydrogen-bond acceptors (Lipinski definition) is 3. The summed E-state index contributed by atoms with van der Waals surface area (Å²) in [5.41, 5.74) is 2.81. The summed E-state index contributed by atoms with van der Waals surface area (Å²) in [7, 11) is 0. The molecule has 0 amide bonds.